The lowest BCUT2D eigenvalue weighted by atomic mass is 9.99. The van der Waals surface area contributed by atoms with E-state index in [1.165, 1.54) is 5.56 Å². The Morgan fingerprint density at radius 1 is 0.968 bits per heavy atom. The number of aryl methyl sites for hydroxylation is 1. The van der Waals surface area contributed by atoms with Crippen molar-refractivity contribution in [2.24, 2.45) is 0 Å². The van der Waals surface area contributed by atoms with Gasteiger partial charge in [0.05, 0.1) is 6.20 Å². The third-order valence-corrected chi connectivity index (χ3v) is 5.88. The van der Waals surface area contributed by atoms with Crippen molar-refractivity contribution in [3.05, 3.63) is 71.7 Å². The van der Waals surface area contributed by atoms with Crippen molar-refractivity contribution < 1.29 is 14.3 Å². The number of aliphatic hydroxyl groups is 1. The number of nitrogens with zero attached hydrogens (tertiary/aromatic N) is 3. The minimum absolute atomic E-state index is 0.229. The molecule has 0 radical (unpaired) electrons. The SMILES string of the molecule is Cc1ncc(-c2ccc(N3CCN(C(=O)C(O)c4ccc(C(C)C)cc4)CC3)cc2)o1. The van der Waals surface area contributed by atoms with E-state index in [1.54, 1.807) is 11.1 Å². The van der Waals surface area contributed by atoms with Crippen molar-refractivity contribution >= 4 is 11.6 Å². The molecule has 6 nitrogen and oxygen atoms in total. The standard InChI is InChI=1S/C25H29N3O3/c1-17(2)19-4-6-21(7-5-19)24(29)25(30)28-14-12-27(13-15-28)22-10-8-20(9-11-22)23-16-26-18(3)31-23/h4-11,16-17,24,29H,12-15H2,1-3H3. The first-order valence-corrected chi connectivity index (χ1v) is 10.8. The molecule has 31 heavy (non-hydrogen) atoms. The molecular formula is C25H29N3O3. The van der Waals surface area contributed by atoms with Gasteiger partial charge in [-0.05, 0) is 41.3 Å². The van der Waals surface area contributed by atoms with E-state index >= 15 is 0 Å². The summed E-state index contributed by atoms with van der Waals surface area (Å²) in [7, 11) is 0. The van der Waals surface area contributed by atoms with Gasteiger partial charge in [0, 0.05) is 44.4 Å². The van der Waals surface area contributed by atoms with Gasteiger partial charge in [-0.2, -0.15) is 0 Å². The molecule has 1 aliphatic heterocycles. The quantitative estimate of drug-likeness (QED) is 0.673. The fraction of sp³-hybridized carbons (Fsp3) is 0.360. The van der Waals surface area contributed by atoms with Crippen molar-refractivity contribution in [2.75, 3.05) is 31.1 Å². The lowest BCUT2D eigenvalue weighted by Gasteiger charge is -2.37. The number of hydrogen-bond donors (Lipinski definition) is 1. The number of aliphatic hydroxyl groups excluding tert-OH is 1. The summed E-state index contributed by atoms with van der Waals surface area (Å²) in [4.78, 5) is 21.0. The molecule has 3 aromatic rings. The molecule has 0 saturated carbocycles. The largest absolute Gasteiger partial charge is 0.441 e. The van der Waals surface area contributed by atoms with E-state index in [0.29, 0.717) is 30.5 Å². The summed E-state index contributed by atoms with van der Waals surface area (Å²) in [5.74, 6) is 1.60. The molecule has 1 aliphatic rings. The molecule has 1 fully saturated rings. The molecule has 162 valence electrons. The zero-order valence-corrected chi connectivity index (χ0v) is 18.3. The zero-order valence-electron chi connectivity index (χ0n) is 18.3. The molecule has 2 aromatic carbocycles. The van der Waals surface area contributed by atoms with Gasteiger partial charge in [0.2, 0.25) is 0 Å². The first-order valence-electron chi connectivity index (χ1n) is 10.8. The molecule has 0 bridgehead atoms. The fourth-order valence-electron chi connectivity index (χ4n) is 3.90. The van der Waals surface area contributed by atoms with Gasteiger partial charge in [0.25, 0.3) is 5.91 Å². The van der Waals surface area contributed by atoms with E-state index in [0.717, 1.165) is 30.1 Å². The molecular weight excluding hydrogens is 390 g/mol. The predicted molar refractivity (Wildman–Crippen MR) is 121 cm³/mol. The fourth-order valence-corrected chi connectivity index (χ4v) is 3.90. The summed E-state index contributed by atoms with van der Waals surface area (Å²) in [5, 5.41) is 10.6. The summed E-state index contributed by atoms with van der Waals surface area (Å²) in [6, 6.07) is 15.9. The van der Waals surface area contributed by atoms with Crippen LogP contribution in [0.3, 0.4) is 0 Å². The van der Waals surface area contributed by atoms with Gasteiger partial charge in [-0.3, -0.25) is 4.79 Å². The lowest BCUT2D eigenvalue weighted by molar-refractivity contribution is -0.140. The van der Waals surface area contributed by atoms with Gasteiger partial charge in [0.15, 0.2) is 17.8 Å². The number of piperazine rings is 1. The molecule has 1 amide bonds. The summed E-state index contributed by atoms with van der Waals surface area (Å²) >= 11 is 0. The molecule has 0 aliphatic carbocycles. The normalized spacial score (nSPS) is 15.4. The number of aromatic nitrogens is 1. The van der Waals surface area contributed by atoms with Crippen LogP contribution in [0.4, 0.5) is 5.69 Å². The number of carbonyl (C=O) groups excluding carboxylic acids is 1. The maximum atomic E-state index is 12.8. The minimum Gasteiger partial charge on any atom is -0.441 e. The molecule has 2 heterocycles. The number of hydrogen-bond acceptors (Lipinski definition) is 5. The number of anilines is 1. The number of carbonyl (C=O) groups is 1. The summed E-state index contributed by atoms with van der Waals surface area (Å²) < 4.78 is 5.58. The first kappa shape index (κ1) is 21.1. The average molecular weight is 420 g/mol. The predicted octanol–water partition coefficient (Wildman–Crippen LogP) is 4.16. The summed E-state index contributed by atoms with van der Waals surface area (Å²) in [6.07, 6.45) is 0.619. The zero-order chi connectivity index (χ0) is 22.0. The van der Waals surface area contributed by atoms with E-state index < -0.39 is 6.10 Å². The number of amides is 1. The second kappa shape index (κ2) is 8.94. The van der Waals surface area contributed by atoms with Gasteiger partial charge in [0.1, 0.15) is 0 Å². The number of oxazole rings is 1. The molecule has 4 rings (SSSR count). The minimum atomic E-state index is -1.11. The number of rotatable bonds is 5. The summed E-state index contributed by atoms with van der Waals surface area (Å²) in [6.45, 7) is 8.71. The number of benzene rings is 2. The second-order valence-corrected chi connectivity index (χ2v) is 8.33. The van der Waals surface area contributed by atoms with Crippen molar-refractivity contribution in [3.8, 4) is 11.3 Å². The maximum Gasteiger partial charge on any atom is 0.256 e. The first-order chi connectivity index (χ1) is 14.9. The lowest BCUT2D eigenvalue weighted by Crippen LogP contribution is -2.50. The van der Waals surface area contributed by atoms with Gasteiger partial charge >= 0.3 is 0 Å². The van der Waals surface area contributed by atoms with Crippen LogP contribution in [0.25, 0.3) is 11.3 Å². The highest BCUT2D eigenvalue weighted by molar-refractivity contribution is 5.82. The van der Waals surface area contributed by atoms with Gasteiger partial charge in [-0.15, -0.1) is 0 Å². The van der Waals surface area contributed by atoms with E-state index in [-0.39, 0.29) is 5.91 Å². The van der Waals surface area contributed by atoms with Crippen LogP contribution in [0, 0.1) is 6.92 Å². The monoisotopic (exact) mass is 419 g/mol. The Kier molecular flexibility index (Phi) is 6.09. The third kappa shape index (κ3) is 4.64. The van der Waals surface area contributed by atoms with Crippen LogP contribution in [0.15, 0.2) is 59.1 Å². The van der Waals surface area contributed by atoms with Crippen LogP contribution >= 0.6 is 0 Å². The highest BCUT2D eigenvalue weighted by Crippen LogP contribution is 2.25. The average Bonchev–Trinajstić information content (AvgIpc) is 3.24. The second-order valence-electron chi connectivity index (χ2n) is 8.33. The Balaban J connectivity index is 1.35. The molecule has 1 atom stereocenters. The molecule has 1 aromatic heterocycles. The topological polar surface area (TPSA) is 69.8 Å². The van der Waals surface area contributed by atoms with Crippen LogP contribution in [0.2, 0.25) is 0 Å². The van der Waals surface area contributed by atoms with Crippen molar-refractivity contribution in [1.82, 2.24) is 9.88 Å². The van der Waals surface area contributed by atoms with E-state index in [4.69, 9.17) is 4.42 Å². The van der Waals surface area contributed by atoms with Gasteiger partial charge < -0.3 is 19.3 Å². The van der Waals surface area contributed by atoms with Gasteiger partial charge in [-0.1, -0.05) is 38.1 Å². The smallest absolute Gasteiger partial charge is 0.256 e. The molecule has 1 N–H and O–H groups in total. The van der Waals surface area contributed by atoms with Gasteiger partial charge in [-0.25, -0.2) is 4.98 Å². The van der Waals surface area contributed by atoms with Crippen molar-refractivity contribution in [3.63, 3.8) is 0 Å². The molecule has 1 unspecified atom stereocenters. The summed E-state index contributed by atoms with van der Waals surface area (Å²) in [5.41, 5.74) is 3.94. The Morgan fingerprint density at radius 2 is 1.58 bits per heavy atom. The van der Waals surface area contributed by atoms with Crippen molar-refractivity contribution in [2.45, 2.75) is 32.8 Å². The van der Waals surface area contributed by atoms with E-state index in [1.807, 2.05) is 43.3 Å². The van der Waals surface area contributed by atoms with E-state index in [9.17, 15) is 9.90 Å². The van der Waals surface area contributed by atoms with Crippen molar-refractivity contribution in [1.29, 1.82) is 0 Å². The maximum absolute atomic E-state index is 12.8. The Hall–Kier alpha value is -3.12. The van der Waals surface area contributed by atoms with Crippen LogP contribution in [-0.2, 0) is 4.79 Å². The van der Waals surface area contributed by atoms with Crippen LogP contribution in [-0.4, -0.2) is 47.1 Å². The molecule has 0 spiro atoms. The van der Waals surface area contributed by atoms with Crippen LogP contribution < -0.4 is 4.90 Å². The Morgan fingerprint density at radius 3 is 2.13 bits per heavy atom. The Bertz CT molecular complexity index is 1020. The van der Waals surface area contributed by atoms with E-state index in [2.05, 4.69) is 35.9 Å². The third-order valence-electron chi connectivity index (χ3n) is 5.88. The van der Waals surface area contributed by atoms with Crippen LogP contribution in [0.1, 0.15) is 42.9 Å². The highest BCUT2D eigenvalue weighted by Gasteiger charge is 2.27. The molecule has 1 saturated heterocycles. The molecule has 6 heteroatoms. The highest BCUT2D eigenvalue weighted by atomic mass is 16.4. The van der Waals surface area contributed by atoms with Crippen LogP contribution in [0.5, 0.6) is 0 Å². The Labute approximate surface area is 183 Å².